The molecule has 1 aromatic carbocycles. The fourth-order valence-corrected chi connectivity index (χ4v) is 2.82. The number of halogens is 1. The van der Waals surface area contributed by atoms with Crippen LogP contribution in [-0.4, -0.2) is 17.4 Å². The molecule has 0 bridgehead atoms. The number of aryl methyl sites for hydroxylation is 1. The first-order valence-corrected chi connectivity index (χ1v) is 8.38. The Kier molecular flexibility index (Phi) is 5.80. The van der Waals surface area contributed by atoms with Crippen molar-refractivity contribution in [1.29, 1.82) is 0 Å². The van der Waals surface area contributed by atoms with Crippen LogP contribution in [0.15, 0.2) is 24.4 Å². The van der Waals surface area contributed by atoms with Crippen molar-refractivity contribution in [2.24, 2.45) is 5.92 Å². The number of benzene rings is 1. The largest absolute Gasteiger partial charge is 0.380 e. The number of carbonyl (C=O) groups is 1. The van der Waals surface area contributed by atoms with Gasteiger partial charge in [-0.25, -0.2) is 4.98 Å². The monoisotopic (exact) mass is 337 g/mol. The predicted octanol–water partition coefficient (Wildman–Crippen LogP) is 4.10. The van der Waals surface area contributed by atoms with Crippen LogP contribution in [0.5, 0.6) is 0 Å². The van der Waals surface area contributed by atoms with Crippen molar-refractivity contribution in [1.82, 2.24) is 10.3 Å². The van der Waals surface area contributed by atoms with Crippen LogP contribution >= 0.6 is 22.9 Å². The summed E-state index contributed by atoms with van der Waals surface area (Å²) < 4.78 is 0.537. The molecule has 0 saturated heterocycles. The number of nitrogens with zero attached hydrogens (tertiary/aromatic N) is 1. The maximum absolute atomic E-state index is 12.1. The van der Waals surface area contributed by atoms with Gasteiger partial charge in [-0.3, -0.25) is 4.79 Å². The minimum Gasteiger partial charge on any atom is -0.380 e. The van der Waals surface area contributed by atoms with E-state index in [0.29, 0.717) is 29.0 Å². The van der Waals surface area contributed by atoms with Gasteiger partial charge in [0.2, 0.25) is 0 Å². The van der Waals surface area contributed by atoms with Crippen molar-refractivity contribution in [3.05, 3.63) is 44.9 Å². The van der Waals surface area contributed by atoms with Crippen molar-refractivity contribution in [3.63, 3.8) is 0 Å². The van der Waals surface area contributed by atoms with Crippen LogP contribution in [0.2, 0.25) is 4.47 Å². The van der Waals surface area contributed by atoms with E-state index in [2.05, 4.69) is 29.5 Å². The number of hydrogen-bond acceptors (Lipinski definition) is 4. The third kappa shape index (κ3) is 4.71. The van der Waals surface area contributed by atoms with Crippen LogP contribution in [0.4, 0.5) is 5.69 Å². The molecule has 4 nitrogen and oxygen atoms in total. The molecule has 0 saturated carbocycles. The predicted molar refractivity (Wildman–Crippen MR) is 92.8 cm³/mol. The molecule has 2 N–H and O–H groups in total. The second-order valence-electron chi connectivity index (χ2n) is 5.57. The summed E-state index contributed by atoms with van der Waals surface area (Å²) in [6.45, 7) is 7.47. The molecule has 0 aliphatic carbocycles. The summed E-state index contributed by atoms with van der Waals surface area (Å²) in [6.07, 6.45) is 1.76. The molecule has 0 aliphatic heterocycles. The fraction of sp³-hybridized carbons (Fsp3) is 0.375. The number of rotatable bonds is 6. The molecule has 0 spiro atoms. The molecule has 1 heterocycles. The second kappa shape index (κ2) is 7.61. The molecule has 0 unspecified atom stereocenters. The van der Waals surface area contributed by atoms with Crippen LogP contribution in [0.1, 0.15) is 34.6 Å². The Morgan fingerprint density at radius 1 is 1.41 bits per heavy atom. The minimum atomic E-state index is -0.0439. The van der Waals surface area contributed by atoms with Crippen molar-refractivity contribution in [3.8, 4) is 0 Å². The van der Waals surface area contributed by atoms with E-state index in [1.165, 1.54) is 11.3 Å². The smallest absolute Gasteiger partial charge is 0.251 e. The molecule has 1 amide bonds. The first kappa shape index (κ1) is 16.8. The summed E-state index contributed by atoms with van der Waals surface area (Å²) in [5.74, 6) is 0.389. The van der Waals surface area contributed by atoms with E-state index in [1.54, 1.807) is 6.20 Å². The summed E-state index contributed by atoms with van der Waals surface area (Å²) >= 11 is 7.27. The van der Waals surface area contributed by atoms with Gasteiger partial charge in [-0.15, -0.1) is 11.3 Å². The lowest BCUT2D eigenvalue weighted by Crippen LogP contribution is -2.27. The Morgan fingerprint density at radius 3 is 2.82 bits per heavy atom. The van der Waals surface area contributed by atoms with Gasteiger partial charge < -0.3 is 10.6 Å². The summed E-state index contributed by atoms with van der Waals surface area (Å²) in [4.78, 5) is 17.2. The standard InChI is InChI=1S/C16H20ClN3OS/c1-10(2)7-19-15(21)12-5-4-11(3)14(6-12)18-8-13-9-20-16(17)22-13/h4-6,9-10,18H,7-8H2,1-3H3,(H,19,21). The van der Waals surface area contributed by atoms with E-state index in [1.807, 2.05) is 25.1 Å². The molecule has 118 valence electrons. The molecule has 22 heavy (non-hydrogen) atoms. The Balaban J connectivity index is 2.04. The first-order chi connectivity index (χ1) is 10.5. The lowest BCUT2D eigenvalue weighted by Gasteiger charge is -2.12. The maximum atomic E-state index is 12.1. The topological polar surface area (TPSA) is 54.0 Å². The third-order valence-electron chi connectivity index (χ3n) is 3.15. The summed E-state index contributed by atoms with van der Waals surface area (Å²) in [7, 11) is 0. The normalized spacial score (nSPS) is 10.8. The van der Waals surface area contributed by atoms with Gasteiger partial charge in [0.1, 0.15) is 0 Å². The van der Waals surface area contributed by atoms with Crippen molar-refractivity contribution < 1.29 is 4.79 Å². The highest BCUT2D eigenvalue weighted by molar-refractivity contribution is 7.15. The summed E-state index contributed by atoms with van der Waals surface area (Å²) in [6, 6.07) is 5.68. The average Bonchev–Trinajstić information content (AvgIpc) is 2.89. The zero-order valence-electron chi connectivity index (χ0n) is 12.9. The first-order valence-electron chi connectivity index (χ1n) is 7.18. The Morgan fingerprint density at radius 2 is 2.18 bits per heavy atom. The lowest BCUT2D eigenvalue weighted by atomic mass is 10.1. The molecule has 0 atom stereocenters. The Bertz CT molecular complexity index is 655. The Labute approximate surface area is 139 Å². The van der Waals surface area contributed by atoms with E-state index < -0.39 is 0 Å². The molecule has 6 heteroatoms. The van der Waals surface area contributed by atoms with E-state index in [4.69, 9.17) is 11.6 Å². The number of amides is 1. The van der Waals surface area contributed by atoms with E-state index in [0.717, 1.165) is 16.1 Å². The van der Waals surface area contributed by atoms with Gasteiger partial charge >= 0.3 is 0 Å². The molecule has 2 rings (SSSR count). The molecular weight excluding hydrogens is 318 g/mol. The highest BCUT2D eigenvalue weighted by Crippen LogP contribution is 2.21. The highest BCUT2D eigenvalue weighted by Gasteiger charge is 2.09. The van der Waals surface area contributed by atoms with Crippen molar-refractivity contribution in [2.75, 3.05) is 11.9 Å². The van der Waals surface area contributed by atoms with Crippen molar-refractivity contribution >= 4 is 34.5 Å². The van der Waals surface area contributed by atoms with Gasteiger partial charge in [-0.05, 0) is 30.5 Å². The number of anilines is 1. The summed E-state index contributed by atoms with van der Waals surface area (Å²) in [5.41, 5.74) is 2.70. The number of nitrogens with one attached hydrogen (secondary N) is 2. The molecule has 1 aromatic heterocycles. The van der Waals surface area contributed by atoms with Crippen LogP contribution < -0.4 is 10.6 Å². The summed E-state index contributed by atoms with van der Waals surface area (Å²) in [5, 5.41) is 6.26. The average molecular weight is 338 g/mol. The fourth-order valence-electron chi connectivity index (χ4n) is 1.90. The highest BCUT2D eigenvalue weighted by atomic mass is 35.5. The van der Waals surface area contributed by atoms with Gasteiger partial charge in [0.15, 0.2) is 4.47 Å². The van der Waals surface area contributed by atoms with Gasteiger partial charge in [0.25, 0.3) is 5.91 Å². The molecule has 0 fully saturated rings. The molecule has 0 aliphatic rings. The van der Waals surface area contributed by atoms with E-state index in [9.17, 15) is 4.79 Å². The number of carbonyl (C=O) groups excluding carboxylic acids is 1. The van der Waals surface area contributed by atoms with Gasteiger partial charge in [0, 0.05) is 28.9 Å². The van der Waals surface area contributed by atoms with Crippen LogP contribution in [0.3, 0.4) is 0 Å². The van der Waals surface area contributed by atoms with E-state index in [-0.39, 0.29) is 5.91 Å². The zero-order valence-corrected chi connectivity index (χ0v) is 14.5. The van der Waals surface area contributed by atoms with Crippen LogP contribution in [0.25, 0.3) is 0 Å². The molecule has 2 aromatic rings. The van der Waals surface area contributed by atoms with Gasteiger partial charge in [-0.1, -0.05) is 31.5 Å². The quantitative estimate of drug-likeness (QED) is 0.834. The maximum Gasteiger partial charge on any atom is 0.251 e. The number of hydrogen-bond donors (Lipinski definition) is 2. The SMILES string of the molecule is Cc1ccc(C(=O)NCC(C)C)cc1NCc1cnc(Cl)s1. The van der Waals surface area contributed by atoms with Gasteiger partial charge in [0.05, 0.1) is 6.54 Å². The third-order valence-corrected chi connectivity index (χ3v) is 4.26. The van der Waals surface area contributed by atoms with Crippen molar-refractivity contribution in [2.45, 2.75) is 27.3 Å². The van der Waals surface area contributed by atoms with Gasteiger partial charge in [-0.2, -0.15) is 0 Å². The molecule has 0 radical (unpaired) electrons. The minimum absolute atomic E-state index is 0.0439. The Hall–Kier alpha value is -1.59. The number of aromatic nitrogens is 1. The second-order valence-corrected chi connectivity index (χ2v) is 7.26. The molecular formula is C16H20ClN3OS. The van der Waals surface area contributed by atoms with Crippen LogP contribution in [0, 0.1) is 12.8 Å². The van der Waals surface area contributed by atoms with Crippen LogP contribution in [-0.2, 0) is 6.54 Å². The lowest BCUT2D eigenvalue weighted by molar-refractivity contribution is 0.0949. The number of thiazole rings is 1. The van der Waals surface area contributed by atoms with E-state index >= 15 is 0 Å². The zero-order chi connectivity index (χ0) is 16.1.